The zero-order valence-electron chi connectivity index (χ0n) is 10.2. The lowest BCUT2D eigenvalue weighted by molar-refractivity contribution is 0.0784. The van der Waals surface area contributed by atoms with Crippen molar-refractivity contribution in [3.63, 3.8) is 0 Å². The van der Waals surface area contributed by atoms with Gasteiger partial charge in [0.2, 0.25) is 0 Å². The van der Waals surface area contributed by atoms with E-state index in [-0.39, 0.29) is 17.6 Å². The highest BCUT2D eigenvalue weighted by molar-refractivity contribution is 5.75. The standard InChI is InChI=1S/C12H21N3O2/c13-12-4-1-9(12)7-15(8-12)11(16)14-10-2-5-17-6-3-10/h9-10H,1-8,13H2,(H,14,16)/t9-,12-/m0/s1. The number of carbonyl (C=O) groups is 1. The van der Waals surface area contributed by atoms with Crippen molar-refractivity contribution in [2.24, 2.45) is 11.7 Å². The largest absolute Gasteiger partial charge is 0.381 e. The molecule has 2 amide bonds. The number of fused-ring (bicyclic) bond motifs is 1. The minimum absolute atomic E-state index is 0.0659. The molecule has 0 aromatic rings. The van der Waals surface area contributed by atoms with Crippen LogP contribution in [0.4, 0.5) is 4.79 Å². The van der Waals surface area contributed by atoms with Gasteiger partial charge < -0.3 is 20.7 Å². The van der Waals surface area contributed by atoms with Gasteiger partial charge in [0.25, 0.3) is 0 Å². The van der Waals surface area contributed by atoms with Gasteiger partial charge in [0.05, 0.1) is 0 Å². The van der Waals surface area contributed by atoms with Gasteiger partial charge in [-0.15, -0.1) is 0 Å². The number of ether oxygens (including phenoxy) is 1. The van der Waals surface area contributed by atoms with Crippen LogP contribution in [0.5, 0.6) is 0 Å². The van der Waals surface area contributed by atoms with Crippen LogP contribution in [0.1, 0.15) is 25.7 Å². The second-order valence-electron chi connectivity index (χ2n) is 5.69. The SMILES string of the molecule is N[C@]12CC[C@H]1CN(C(=O)NC1CCOCC1)C2. The lowest BCUT2D eigenvalue weighted by atomic mass is 9.70. The first-order valence-electron chi connectivity index (χ1n) is 6.59. The predicted octanol–water partition coefficient (Wildman–Crippen LogP) is 0.298. The van der Waals surface area contributed by atoms with Gasteiger partial charge in [0.15, 0.2) is 0 Å². The lowest BCUT2D eigenvalue weighted by Gasteiger charge is -2.39. The highest BCUT2D eigenvalue weighted by Crippen LogP contribution is 2.42. The summed E-state index contributed by atoms with van der Waals surface area (Å²) in [6, 6.07) is 0.347. The van der Waals surface area contributed by atoms with Gasteiger partial charge in [-0.3, -0.25) is 0 Å². The van der Waals surface area contributed by atoms with Crippen molar-refractivity contribution in [2.75, 3.05) is 26.3 Å². The van der Waals surface area contributed by atoms with Crippen molar-refractivity contribution in [3.8, 4) is 0 Å². The normalized spacial score (nSPS) is 37.5. The molecule has 3 aliphatic rings. The Bertz CT molecular complexity index is 317. The summed E-state index contributed by atoms with van der Waals surface area (Å²) in [5.41, 5.74) is 6.15. The summed E-state index contributed by atoms with van der Waals surface area (Å²) >= 11 is 0. The summed E-state index contributed by atoms with van der Waals surface area (Å²) in [4.78, 5) is 14.0. The van der Waals surface area contributed by atoms with Crippen molar-refractivity contribution >= 4 is 6.03 Å². The number of hydrogen-bond acceptors (Lipinski definition) is 3. The number of rotatable bonds is 1. The van der Waals surface area contributed by atoms with Gasteiger partial charge in [-0.25, -0.2) is 4.79 Å². The van der Waals surface area contributed by atoms with Crippen LogP contribution in [0.3, 0.4) is 0 Å². The predicted molar refractivity (Wildman–Crippen MR) is 63.6 cm³/mol. The molecule has 0 radical (unpaired) electrons. The Labute approximate surface area is 102 Å². The molecule has 5 nitrogen and oxygen atoms in total. The van der Waals surface area contributed by atoms with Gasteiger partial charge in [-0.05, 0) is 31.6 Å². The van der Waals surface area contributed by atoms with E-state index in [1.54, 1.807) is 0 Å². The lowest BCUT2D eigenvalue weighted by Crippen LogP contribution is -2.55. The van der Waals surface area contributed by atoms with Gasteiger partial charge >= 0.3 is 6.03 Å². The summed E-state index contributed by atoms with van der Waals surface area (Å²) in [7, 11) is 0. The molecule has 1 aliphatic carbocycles. The second-order valence-corrected chi connectivity index (χ2v) is 5.69. The maximum atomic E-state index is 12.1. The van der Waals surface area contributed by atoms with Crippen LogP contribution in [0, 0.1) is 5.92 Å². The number of nitrogens with one attached hydrogen (secondary N) is 1. The molecule has 1 saturated carbocycles. The molecule has 0 aromatic heterocycles. The van der Waals surface area contributed by atoms with Crippen molar-refractivity contribution in [2.45, 2.75) is 37.3 Å². The van der Waals surface area contributed by atoms with Gasteiger partial charge in [-0.2, -0.15) is 0 Å². The highest BCUT2D eigenvalue weighted by Gasteiger charge is 2.51. The Morgan fingerprint density at radius 2 is 2.12 bits per heavy atom. The number of likely N-dealkylation sites (tertiary alicyclic amines) is 1. The van der Waals surface area contributed by atoms with E-state index in [2.05, 4.69) is 5.32 Å². The molecule has 3 rings (SSSR count). The van der Waals surface area contributed by atoms with E-state index < -0.39 is 0 Å². The van der Waals surface area contributed by atoms with E-state index in [9.17, 15) is 4.79 Å². The Balaban J connectivity index is 1.53. The number of nitrogens with zero attached hydrogens (tertiary/aromatic N) is 1. The van der Waals surface area contributed by atoms with Crippen LogP contribution in [0.25, 0.3) is 0 Å². The maximum Gasteiger partial charge on any atom is 0.317 e. The smallest absolute Gasteiger partial charge is 0.317 e. The topological polar surface area (TPSA) is 67.6 Å². The van der Waals surface area contributed by atoms with Crippen LogP contribution >= 0.6 is 0 Å². The number of nitrogens with two attached hydrogens (primary N) is 1. The van der Waals surface area contributed by atoms with Gasteiger partial charge in [0, 0.05) is 37.9 Å². The molecule has 3 N–H and O–H groups in total. The van der Waals surface area contributed by atoms with Gasteiger partial charge in [0.1, 0.15) is 0 Å². The Morgan fingerprint density at radius 1 is 1.35 bits per heavy atom. The van der Waals surface area contributed by atoms with E-state index >= 15 is 0 Å². The molecule has 3 fully saturated rings. The summed E-state index contributed by atoms with van der Waals surface area (Å²) in [6.07, 6.45) is 4.10. The number of urea groups is 1. The fraction of sp³-hybridized carbons (Fsp3) is 0.917. The Morgan fingerprint density at radius 3 is 2.65 bits per heavy atom. The van der Waals surface area contributed by atoms with Crippen LogP contribution in [-0.4, -0.2) is 48.8 Å². The first-order chi connectivity index (χ1) is 8.17. The van der Waals surface area contributed by atoms with Crippen LogP contribution in [0.15, 0.2) is 0 Å². The molecule has 17 heavy (non-hydrogen) atoms. The van der Waals surface area contributed by atoms with E-state index in [4.69, 9.17) is 10.5 Å². The summed E-state index contributed by atoms with van der Waals surface area (Å²) in [6.45, 7) is 3.08. The molecular weight excluding hydrogens is 218 g/mol. The minimum atomic E-state index is -0.0764. The third-order valence-electron chi connectivity index (χ3n) is 4.53. The van der Waals surface area contributed by atoms with E-state index in [1.807, 2.05) is 4.90 Å². The van der Waals surface area contributed by atoms with E-state index in [0.29, 0.717) is 5.92 Å². The van der Waals surface area contributed by atoms with Crippen LogP contribution < -0.4 is 11.1 Å². The van der Waals surface area contributed by atoms with Gasteiger partial charge in [-0.1, -0.05) is 0 Å². The first-order valence-corrected chi connectivity index (χ1v) is 6.59. The third kappa shape index (κ3) is 2.02. The van der Waals surface area contributed by atoms with Crippen LogP contribution in [0.2, 0.25) is 0 Å². The minimum Gasteiger partial charge on any atom is -0.381 e. The average molecular weight is 239 g/mol. The fourth-order valence-corrected chi connectivity index (χ4v) is 3.15. The summed E-state index contributed by atoms with van der Waals surface area (Å²) in [5, 5.41) is 3.10. The van der Waals surface area contributed by atoms with Crippen molar-refractivity contribution in [1.29, 1.82) is 0 Å². The monoisotopic (exact) mass is 239 g/mol. The number of amides is 2. The summed E-state index contributed by atoms with van der Waals surface area (Å²) in [5.74, 6) is 0.530. The Kier molecular flexibility index (Phi) is 2.75. The molecule has 96 valence electrons. The molecule has 0 aromatic carbocycles. The summed E-state index contributed by atoms with van der Waals surface area (Å²) < 4.78 is 5.28. The third-order valence-corrected chi connectivity index (χ3v) is 4.53. The van der Waals surface area contributed by atoms with Crippen molar-refractivity contribution in [1.82, 2.24) is 10.2 Å². The number of hydrogen-bond donors (Lipinski definition) is 2. The van der Waals surface area contributed by atoms with E-state index in [0.717, 1.165) is 45.6 Å². The second kappa shape index (κ2) is 4.14. The molecule has 2 saturated heterocycles. The maximum absolute atomic E-state index is 12.1. The molecule has 0 unspecified atom stereocenters. The Hall–Kier alpha value is -0.810. The molecule has 2 aliphatic heterocycles. The molecule has 2 heterocycles. The molecule has 2 atom stereocenters. The zero-order chi connectivity index (χ0) is 11.9. The van der Waals surface area contributed by atoms with Crippen LogP contribution in [-0.2, 0) is 4.74 Å². The molecule has 5 heteroatoms. The van der Waals surface area contributed by atoms with Crippen molar-refractivity contribution in [3.05, 3.63) is 0 Å². The molecular formula is C12H21N3O2. The molecule has 0 spiro atoms. The average Bonchev–Trinajstić information content (AvgIpc) is 2.55. The molecule has 0 bridgehead atoms. The fourth-order valence-electron chi connectivity index (χ4n) is 3.15. The highest BCUT2D eigenvalue weighted by atomic mass is 16.5. The number of carbonyl (C=O) groups excluding carboxylic acids is 1. The zero-order valence-corrected chi connectivity index (χ0v) is 10.2. The quantitative estimate of drug-likeness (QED) is 0.691. The van der Waals surface area contributed by atoms with Crippen molar-refractivity contribution < 1.29 is 9.53 Å². The first kappa shape index (κ1) is 11.3. The van der Waals surface area contributed by atoms with E-state index in [1.165, 1.54) is 6.42 Å².